The molecule has 2 rings (SSSR count). The molecular formula is C12H17N3O5. The lowest BCUT2D eigenvalue weighted by Crippen LogP contribution is -2.42. The van der Waals surface area contributed by atoms with Gasteiger partial charge in [-0.05, 0) is 12.8 Å². The normalized spacial score (nSPS) is 31.2. The minimum absolute atomic E-state index is 0.0928. The lowest BCUT2D eigenvalue weighted by atomic mass is 9.95. The fourth-order valence-corrected chi connectivity index (χ4v) is 2.90. The first kappa shape index (κ1) is 14.3. The van der Waals surface area contributed by atoms with E-state index in [0.717, 1.165) is 4.90 Å². The SMILES string of the molecule is CN(C)C=NC(=O)C[C@@]12C[C@@H]1N(C(=O)O)[C@H](C(=O)O)C2. The zero-order chi connectivity index (χ0) is 15.1. The summed E-state index contributed by atoms with van der Waals surface area (Å²) < 4.78 is 0. The Hall–Kier alpha value is -2.12. The molecule has 1 saturated heterocycles. The predicted molar refractivity (Wildman–Crippen MR) is 68.5 cm³/mol. The number of likely N-dealkylation sites (tertiary alicyclic amines) is 1. The third kappa shape index (κ3) is 2.45. The number of rotatable bonds is 4. The summed E-state index contributed by atoms with van der Waals surface area (Å²) in [5, 5.41) is 18.2. The Balaban J connectivity index is 2.06. The molecule has 8 nitrogen and oxygen atoms in total. The molecule has 0 aromatic heterocycles. The van der Waals surface area contributed by atoms with Crippen molar-refractivity contribution >= 4 is 24.3 Å². The molecule has 20 heavy (non-hydrogen) atoms. The molecule has 1 aliphatic heterocycles. The van der Waals surface area contributed by atoms with Gasteiger partial charge in [-0.25, -0.2) is 14.6 Å². The van der Waals surface area contributed by atoms with Crippen LogP contribution in [0.5, 0.6) is 0 Å². The minimum atomic E-state index is -1.24. The molecule has 110 valence electrons. The van der Waals surface area contributed by atoms with Crippen LogP contribution in [0.25, 0.3) is 0 Å². The standard InChI is InChI=1S/C12H17N3O5/c1-14(2)6-13-9(16)5-12-3-7(10(17)18)15(11(19)20)8(12)4-12/h6-8H,3-5H2,1-2H3,(H,17,18)(H,19,20)/t7-,8-,12+/m0/s1. The highest BCUT2D eigenvalue weighted by molar-refractivity contribution is 5.87. The second-order valence-electron chi connectivity index (χ2n) is 5.61. The van der Waals surface area contributed by atoms with Gasteiger partial charge in [-0.1, -0.05) is 0 Å². The molecule has 2 fully saturated rings. The van der Waals surface area contributed by atoms with Crippen LogP contribution in [-0.2, 0) is 9.59 Å². The van der Waals surface area contributed by atoms with Crippen LogP contribution in [0.1, 0.15) is 19.3 Å². The van der Waals surface area contributed by atoms with Gasteiger partial charge >= 0.3 is 12.1 Å². The monoisotopic (exact) mass is 283 g/mol. The molecule has 0 radical (unpaired) electrons. The molecular weight excluding hydrogens is 266 g/mol. The van der Waals surface area contributed by atoms with E-state index < -0.39 is 23.5 Å². The molecule has 2 N–H and O–H groups in total. The summed E-state index contributed by atoms with van der Waals surface area (Å²) in [6.07, 6.45) is 0.949. The van der Waals surface area contributed by atoms with Crippen LogP contribution in [-0.4, -0.2) is 70.5 Å². The van der Waals surface area contributed by atoms with Crippen LogP contribution in [0.2, 0.25) is 0 Å². The number of aliphatic imine (C=N–C) groups is 1. The molecule has 8 heteroatoms. The van der Waals surface area contributed by atoms with Gasteiger partial charge in [0.1, 0.15) is 6.04 Å². The Labute approximate surface area is 115 Å². The number of carboxylic acid groups (broad SMARTS) is 2. The Morgan fingerprint density at radius 3 is 2.45 bits per heavy atom. The predicted octanol–water partition coefficient (Wildman–Crippen LogP) is 0.0886. The molecule has 2 amide bonds. The Bertz CT molecular complexity index is 489. The van der Waals surface area contributed by atoms with Crippen molar-refractivity contribution in [3.63, 3.8) is 0 Å². The quantitative estimate of drug-likeness (QED) is 0.558. The second kappa shape index (κ2) is 4.77. The van der Waals surface area contributed by atoms with Gasteiger partial charge in [0, 0.05) is 32.0 Å². The molecule has 0 spiro atoms. The van der Waals surface area contributed by atoms with E-state index in [0.29, 0.717) is 6.42 Å². The van der Waals surface area contributed by atoms with E-state index in [1.54, 1.807) is 19.0 Å². The number of carboxylic acids is 1. The van der Waals surface area contributed by atoms with Gasteiger partial charge in [0.15, 0.2) is 0 Å². The van der Waals surface area contributed by atoms with Gasteiger partial charge in [0.05, 0.1) is 6.34 Å². The number of amides is 2. The summed E-state index contributed by atoms with van der Waals surface area (Å²) >= 11 is 0. The van der Waals surface area contributed by atoms with Crippen molar-refractivity contribution in [2.45, 2.75) is 31.3 Å². The first-order valence-electron chi connectivity index (χ1n) is 6.24. The van der Waals surface area contributed by atoms with E-state index in [1.165, 1.54) is 6.34 Å². The number of hydrogen-bond acceptors (Lipinski definition) is 3. The van der Waals surface area contributed by atoms with Crippen molar-refractivity contribution < 1.29 is 24.6 Å². The third-order valence-electron chi connectivity index (χ3n) is 3.86. The molecule has 0 aromatic carbocycles. The fraction of sp³-hybridized carbons (Fsp3) is 0.667. The molecule has 0 aromatic rings. The van der Waals surface area contributed by atoms with E-state index in [1.807, 2.05) is 0 Å². The van der Waals surface area contributed by atoms with Gasteiger partial charge in [0.25, 0.3) is 0 Å². The van der Waals surface area contributed by atoms with Crippen LogP contribution in [0.4, 0.5) is 4.79 Å². The number of fused-ring (bicyclic) bond motifs is 1. The van der Waals surface area contributed by atoms with E-state index in [2.05, 4.69) is 4.99 Å². The summed E-state index contributed by atoms with van der Waals surface area (Å²) in [4.78, 5) is 40.3. The van der Waals surface area contributed by atoms with Gasteiger partial charge in [-0.2, -0.15) is 0 Å². The summed E-state index contributed by atoms with van der Waals surface area (Å²) in [6.45, 7) is 0. The van der Waals surface area contributed by atoms with E-state index >= 15 is 0 Å². The maximum Gasteiger partial charge on any atom is 0.408 e. The third-order valence-corrected chi connectivity index (χ3v) is 3.86. The number of hydrogen-bond donors (Lipinski definition) is 2. The molecule has 1 heterocycles. The largest absolute Gasteiger partial charge is 0.480 e. The van der Waals surface area contributed by atoms with Crippen LogP contribution in [0, 0.1) is 5.41 Å². The smallest absolute Gasteiger partial charge is 0.408 e. The summed E-state index contributed by atoms with van der Waals surface area (Å²) in [6, 6.07) is -1.43. The molecule has 0 bridgehead atoms. The van der Waals surface area contributed by atoms with Crippen molar-refractivity contribution in [3.05, 3.63) is 0 Å². The number of nitrogens with zero attached hydrogens (tertiary/aromatic N) is 3. The molecule has 3 atom stereocenters. The second-order valence-corrected chi connectivity index (χ2v) is 5.61. The van der Waals surface area contributed by atoms with E-state index in [4.69, 9.17) is 10.2 Å². The van der Waals surface area contributed by atoms with Gasteiger partial charge in [-0.15, -0.1) is 0 Å². The number of carbonyl (C=O) groups excluding carboxylic acids is 1. The lowest BCUT2D eigenvalue weighted by Gasteiger charge is -2.20. The maximum absolute atomic E-state index is 11.8. The molecule has 2 aliphatic rings. The van der Waals surface area contributed by atoms with Crippen LogP contribution in [0.3, 0.4) is 0 Å². The number of carbonyl (C=O) groups is 3. The number of piperidine rings is 1. The first-order chi connectivity index (χ1) is 9.27. The van der Waals surface area contributed by atoms with Crippen molar-refractivity contribution in [2.24, 2.45) is 10.4 Å². The zero-order valence-corrected chi connectivity index (χ0v) is 11.3. The average molecular weight is 283 g/mol. The van der Waals surface area contributed by atoms with E-state index in [-0.39, 0.29) is 24.8 Å². The maximum atomic E-state index is 11.8. The zero-order valence-electron chi connectivity index (χ0n) is 11.3. The average Bonchev–Trinajstić information content (AvgIpc) is 2.90. The van der Waals surface area contributed by atoms with Crippen LogP contribution in [0.15, 0.2) is 4.99 Å². The van der Waals surface area contributed by atoms with Crippen LogP contribution >= 0.6 is 0 Å². The minimum Gasteiger partial charge on any atom is -0.480 e. The van der Waals surface area contributed by atoms with E-state index in [9.17, 15) is 14.4 Å². The van der Waals surface area contributed by atoms with Crippen molar-refractivity contribution in [1.29, 1.82) is 0 Å². The molecule has 0 unspecified atom stereocenters. The highest BCUT2D eigenvalue weighted by Gasteiger charge is 2.68. The van der Waals surface area contributed by atoms with Crippen molar-refractivity contribution in [1.82, 2.24) is 9.80 Å². The van der Waals surface area contributed by atoms with Crippen molar-refractivity contribution in [3.8, 4) is 0 Å². The number of aliphatic carboxylic acids is 1. The fourth-order valence-electron chi connectivity index (χ4n) is 2.90. The molecule has 1 aliphatic carbocycles. The summed E-state index contributed by atoms with van der Waals surface area (Å²) in [5.74, 6) is -1.51. The first-order valence-corrected chi connectivity index (χ1v) is 6.24. The molecule has 1 saturated carbocycles. The Morgan fingerprint density at radius 1 is 1.35 bits per heavy atom. The van der Waals surface area contributed by atoms with Crippen LogP contribution < -0.4 is 0 Å². The van der Waals surface area contributed by atoms with Gasteiger partial charge in [-0.3, -0.25) is 9.69 Å². The Morgan fingerprint density at radius 2 is 2.00 bits per heavy atom. The lowest BCUT2D eigenvalue weighted by molar-refractivity contribution is -0.142. The van der Waals surface area contributed by atoms with Gasteiger partial charge in [0.2, 0.25) is 5.91 Å². The Kier molecular flexibility index (Phi) is 3.41. The topological polar surface area (TPSA) is 111 Å². The highest BCUT2D eigenvalue weighted by Crippen LogP contribution is 2.61. The van der Waals surface area contributed by atoms with Crippen molar-refractivity contribution in [2.75, 3.05) is 14.1 Å². The van der Waals surface area contributed by atoms with Gasteiger partial charge < -0.3 is 15.1 Å². The summed E-state index contributed by atoms with van der Waals surface area (Å²) in [7, 11) is 3.47. The summed E-state index contributed by atoms with van der Waals surface area (Å²) in [5.41, 5.74) is -0.540. The highest BCUT2D eigenvalue weighted by atomic mass is 16.4.